The highest BCUT2D eigenvalue weighted by molar-refractivity contribution is 5.84. The van der Waals surface area contributed by atoms with E-state index in [4.69, 9.17) is 0 Å². The molecular formula is C14H24N2O2. The summed E-state index contributed by atoms with van der Waals surface area (Å²) in [6.07, 6.45) is 4.99. The van der Waals surface area contributed by atoms with Crippen LogP contribution in [0.4, 0.5) is 0 Å². The van der Waals surface area contributed by atoms with Gasteiger partial charge in [0, 0.05) is 24.4 Å². The van der Waals surface area contributed by atoms with Crippen molar-refractivity contribution in [3.63, 3.8) is 0 Å². The van der Waals surface area contributed by atoms with Crippen molar-refractivity contribution in [2.24, 2.45) is 5.92 Å². The van der Waals surface area contributed by atoms with Crippen LogP contribution in [0.15, 0.2) is 0 Å². The number of ketones is 1. The molecule has 1 heterocycles. The molecule has 102 valence electrons. The first kappa shape index (κ1) is 13.5. The van der Waals surface area contributed by atoms with E-state index in [1.165, 1.54) is 0 Å². The predicted octanol–water partition coefficient (Wildman–Crippen LogP) is 1.34. The number of hydrogen-bond donors (Lipinski definition) is 1. The predicted molar refractivity (Wildman–Crippen MR) is 70.2 cm³/mol. The molecule has 1 saturated carbocycles. The minimum absolute atomic E-state index is 0.0855. The summed E-state index contributed by atoms with van der Waals surface area (Å²) in [5.74, 6) is 0.692. The Morgan fingerprint density at radius 1 is 1.39 bits per heavy atom. The average molecular weight is 252 g/mol. The summed E-state index contributed by atoms with van der Waals surface area (Å²) in [7, 11) is 0. The van der Waals surface area contributed by atoms with Gasteiger partial charge in [0.2, 0.25) is 5.91 Å². The molecule has 2 fully saturated rings. The van der Waals surface area contributed by atoms with Crippen LogP contribution in [0.3, 0.4) is 0 Å². The first-order valence-electron chi connectivity index (χ1n) is 7.14. The fourth-order valence-corrected chi connectivity index (χ4v) is 3.31. The van der Waals surface area contributed by atoms with Crippen molar-refractivity contribution < 1.29 is 9.59 Å². The van der Waals surface area contributed by atoms with Gasteiger partial charge in [-0.25, -0.2) is 0 Å². The zero-order valence-corrected chi connectivity index (χ0v) is 11.4. The third-order valence-corrected chi connectivity index (χ3v) is 4.03. The topological polar surface area (TPSA) is 49.4 Å². The van der Waals surface area contributed by atoms with Crippen molar-refractivity contribution in [3.05, 3.63) is 0 Å². The molecule has 4 heteroatoms. The van der Waals surface area contributed by atoms with Crippen molar-refractivity contribution in [1.82, 2.24) is 10.2 Å². The molecule has 0 radical (unpaired) electrons. The largest absolute Gasteiger partial charge is 0.353 e. The van der Waals surface area contributed by atoms with Gasteiger partial charge in [-0.2, -0.15) is 0 Å². The Kier molecular flexibility index (Phi) is 4.38. The molecule has 1 amide bonds. The molecule has 2 atom stereocenters. The third-order valence-electron chi connectivity index (χ3n) is 4.03. The second-order valence-corrected chi connectivity index (χ2v) is 5.87. The summed E-state index contributed by atoms with van der Waals surface area (Å²) in [5.41, 5.74) is 0. The molecule has 1 aliphatic carbocycles. The summed E-state index contributed by atoms with van der Waals surface area (Å²) in [5, 5.41) is 2.93. The maximum Gasteiger partial charge on any atom is 0.234 e. The van der Waals surface area contributed by atoms with Crippen LogP contribution in [-0.4, -0.2) is 41.8 Å². The smallest absolute Gasteiger partial charge is 0.234 e. The van der Waals surface area contributed by atoms with Crippen LogP contribution < -0.4 is 5.32 Å². The molecule has 0 bridgehead atoms. The normalized spacial score (nSPS) is 29.2. The molecule has 1 aliphatic heterocycles. The third kappa shape index (κ3) is 3.10. The fraction of sp³-hybridized carbons (Fsp3) is 0.857. The van der Waals surface area contributed by atoms with Gasteiger partial charge in [0.15, 0.2) is 0 Å². The number of Topliss-reactive ketones (excluding diaryl/α,β-unsaturated/α-hetero) is 1. The zero-order valence-electron chi connectivity index (χ0n) is 11.4. The summed E-state index contributed by atoms with van der Waals surface area (Å²) in [6.45, 7) is 5.35. The van der Waals surface area contributed by atoms with Gasteiger partial charge in [-0.1, -0.05) is 0 Å². The molecule has 0 aromatic rings. The molecule has 2 rings (SSSR count). The van der Waals surface area contributed by atoms with Gasteiger partial charge in [-0.15, -0.1) is 0 Å². The van der Waals surface area contributed by atoms with E-state index in [0.717, 1.165) is 38.6 Å². The lowest BCUT2D eigenvalue weighted by Crippen LogP contribution is -2.45. The van der Waals surface area contributed by atoms with E-state index >= 15 is 0 Å². The molecule has 0 aromatic heterocycles. The van der Waals surface area contributed by atoms with Gasteiger partial charge in [-0.05, 0) is 46.1 Å². The molecule has 1 saturated heterocycles. The van der Waals surface area contributed by atoms with Gasteiger partial charge in [-0.3, -0.25) is 14.5 Å². The van der Waals surface area contributed by atoms with E-state index in [1.54, 1.807) is 0 Å². The molecule has 4 nitrogen and oxygen atoms in total. The van der Waals surface area contributed by atoms with Crippen LogP contribution in [0.5, 0.6) is 0 Å². The number of amides is 1. The van der Waals surface area contributed by atoms with Crippen molar-refractivity contribution >= 4 is 11.7 Å². The van der Waals surface area contributed by atoms with Gasteiger partial charge in [0.1, 0.15) is 5.78 Å². The number of nitrogens with one attached hydrogen (secondary N) is 1. The minimum Gasteiger partial charge on any atom is -0.353 e. The lowest BCUT2D eigenvalue weighted by molar-refractivity contribution is -0.126. The Balaban J connectivity index is 1.91. The maximum atomic E-state index is 11.8. The summed E-state index contributed by atoms with van der Waals surface area (Å²) < 4.78 is 0. The fourth-order valence-electron chi connectivity index (χ4n) is 3.31. The first-order chi connectivity index (χ1) is 8.58. The van der Waals surface area contributed by atoms with Gasteiger partial charge in [0.25, 0.3) is 0 Å². The van der Waals surface area contributed by atoms with E-state index in [-0.39, 0.29) is 17.9 Å². The highest BCUT2D eigenvalue weighted by Gasteiger charge is 2.38. The number of rotatable bonds is 4. The van der Waals surface area contributed by atoms with Crippen LogP contribution in [0.25, 0.3) is 0 Å². The minimum atomic E-state index is 0.0855. The number of carbonyl (C=O) groups is 2. The van der Waals surface area contributed by atoms with E-state index in [2.05, 4.69) is 10.2 Å². The maximum absolute atomic E-state index is 11.8. The Morgan fingerprint density at radius 2 is 2.17 bits per heavy atom. The molecule has 2 aliphatic rings. The van der Waals surface area contributed by atoms with Crippen molar-refractivity contribution in [2.75, 3.05) is 13.1 Å². The SMILES string of the molecule is CC(C)NC(=O)CN1CCCC1C1CCCC1=O. The van der Waals surface area contributed by atoms with Gasteiger partial charge < -0.3 is 5.32 Å². The molecule has 0 spiro atoms. The molecule has 1 N–H and O–H groups in total. The Bertz CT molecular complexity index is 328. The monoisotopic (exact) mass is 252 g/mol. The van der Waals surface area contributed by atoms with Crippen LogP contribution in [0, 0.1) is 5.92 Å². The van der Waals surface area contributed by atoms with Gasteiger partial charge in [0.05, 0.1) is 6.54 Å². The van der Waals surface area contributed by atoms with E-state index in [1.807, 2.05) is 13.8 Å². The lowest BCUT2D eigenvalue weighted by Gasteiger charge is -2.28. The average Bonchev–Trinajstić information content (AvgIpc) is 2.85. The second-order valence-electron chi connectivity index (χ2n) is 5.87. The summed E-state index contributed by atoms with van der Waals surface area (Å²) >= 11 is 0. The standard InChI is InChI=1S/C14H24N2O2/c1-10(2)15-14(18)9-16-8-4-6-12(16)11-5-3-7-13(11)17/h10-12H,3-9H2,1-2H3,(H,15,18). The van der Waals surface area contributed by atoms with Gasteiger partial charge >= 0.3 is 0 Å². The highest BCUT2D eigenvalue weighted by atomic mass is 16.2. The van der Waals surface area contributed by atoms with Crippen LogP contribution in [-0.2, 0) is 9.59 Å². The van der Waals surface area contributed by atoms with E-state index in [9.17, 15) is 9.59 Å². The molecule has 0 aromatic carbocycles. The van der Waals surface area contributed by atoms with E-state index in [0.29, 0.717) is 18.4 Å². The number of likely N-dealkylation sites (tertiary alicyclic amines) is 1. The van der Waals surface area contributed by atoms with Crippen molar-refractivity contribution in [3.8, 4) is 0 Å². The van der Waals surface area contributed by atoms with Crippen LogP contribution >= 0.6 is 0 Å². The Labute approximate surface area is 109 Å². The van der Waals surface area contributed by atoms with Crippen molar-refractivity contribution in [1.29, 1.82) is 0 Å². The molecule has 18 heavy (non-hydrogen) atoms. The molecule has 2 unspecified atom stereocenters. The lowest BCUT2D eigenvalue weighted by atomic mass is 9.95. The van der Waals surface area contributed by atoms with E-state index < -0.39 is 0 Å². The second kappa shape index (κ2) is 5.83. The first-order valence-corrected chi connectivity index (χ1v) is 7.14. The van der Waals surface area contributed by atoms with Crippen molar-refractivity contribution in [2.45, 2.75) is 58.0 Å². The van der Waals surface area contributed by atoms with Crippen LogP contribution in [0.1, 0.15) is 46.0 Å². The highest BCUT2D eigenvalue weighted by Crippen LogP contribution is 2.32. The quantitative estimate of drug-likeness (QED) is 0.821. The Hall–Kier alpha value is -0.900. The zero-order chi connectivity index (χ0) is 13.1. The number of hydrogen-bond acceptors (Lipinski definition) is 3. The summed E-state index contributed by atoms with van der Waals surface area (Å²) in [4.78, 5) is 25.9. The number of nitrogens with zero attached hydrogens (tertiary/aromatic N) is 1. The van der Waals surface area contributed by atoms with Crippen LogP contribution in [0.2, 0.25) is 0 Å². The summed E-state index contributed by atoms with van der Waals surface area (Å²) in [6, 6.07) is 0.504. The molecular weight excluding hydrogens is 228 g/mol. The Morgan fingerprint density at radius 3 is 2.78 bits per heavy atom. The number of carbonyl (C=O) groups excluding carboxylic acids is 2.